The molecule has 1 amide bonds. The Morgan fingerprint density at radius 2 is 1.78 bits per heavy atom. The maximum absolute atomic E-state index is 11.5. The third kappa shape index (κ3) is 3.88. The monoisotopic (exact) mass is 336 g/mol. The molecule has 0 heterocycles. The Labute approximate surface area is 114 Å². The largest absolute Gasteiger partial charge is 0.452 e. The lowest BCUT2D eigenvalue weighted by atomic mass is 10.1. The molecule has 0 aromatic heterocycles. The number of ether oxygens (including phenoxy) is 1. The highest BCUT2D eigenvalue weighted by Gasteiger charge is 2.15. The summed E-state index contributed by atoms with van der Waals surface area (Å²) in [5.41, 5.74) is 2.13. The first-order valence-corrected chi connectivity index (χ1v) is 7.18. The van der Waals surface area contributed by atoms with E-state index in [1.165, 1.54) is 0 Å². The molecule has 0 aliphatic heterocycles. The second-order valence-corrected chi connectivity index (χ2v) is 5.83. The Hall–Kier alpha value is -1.28. The molecule has 6 nitrogen and oxygen atoms in total. The lowest BCUT2D eigenvalue weighted by Crippen LogP contribution is -2.35. The van der Waals surface area contributed by atoms with Gasteiger partial charge < -0.3 is 4.74 Å². The van der Waals surface area contributed by atoms with Crippen molar-refractivity contribution < 1.29 is 17.9 Å². The Morgan fingerprint density at radius 1 is 1.28 bits per heavy atom. The van der Waals surface area contributed by atoms with Crippen molar-refractivity contribution in [3.8, 4) is 0 Å². The zero-order chi connectivity index (χ0) is 13.9. The van der Waals surface area contributed by atoms with Crippen molar-refractivity contribution in [2.45, 2.75) is 13.8 Å². The molecule has 0 unspecified atom stereocenters. The van der Waals surface area contributed by atoms with Crippen molar-refractivity contribution in [2.75, 3.05) is 11.8 Å². The van der Waals surface area contributed by atoms with Crippen molar-refractivity contribution in [3.63, 3.8) is 0 Å². The lowest BCUT2D eigenvalue weighted by molar-refractivity contribution is 0.177. The second kappa shape index (κ2) is 5.57. The number of benzene rings is 1. The molecule has 0 aliphatic carbocycles. The third-order valence-electron chi connectivity index (χ3n) is 2.09. The second-order valence-electron chi connectivity index (χ2n) is 3.62. The third-order valence-corrected chi connectivity index (χ3v) is 4.28. The van der Waals surface area contributed by atoms with Crippen LogP contribution in [0.4, 0.5) is 10.5 Å². The average Bonchev–Trinajstić information content (AvgIpc) is 2.24. The van der Waals surface area contributed by atoms with Crippen LogP contribution in [0.5, 0.6) is 0 Å². The van der Waals surface area contributed by atoms with Gasteiger partial charge in [0.2, 0.25) is 0 Å². The highest BCUT2D eigenvalue weighted by atomic mass is 79.9. The fourth-order valence-corrected chi connectivity index (χ4v) is 2.35. The molecule has 1 aromatic carbocycles. The van der Waals surface area contributed by atoms with Crippen LogP contribution in [-0.4, -0.2) is 21.6 Å². The molecule has 0 radical (unpaired) electrons. The van der Waals surface area contributed by atoms with E-state index in [0.717, 1.165) is 22.7 Å². The topological polar surface area (TPSA) is 84.5 Å². The molecule has 1 rings (SSSR count). The molecule has 0 saturated heterocycles. The molecule has 0 aliphatic rings. The van der Waals surface area contributed by atoms with Crippen LogP contribution in [0.25, 0.3) is 0 Å². The van der Waals surface area contributed by atoms with Crippen molar-refractivity contribution in [1.82, 2.24) is 4.72 Å². The van der Waals surface area contributed by atoms with Crippen LogP contribution in [0, 0.1) is 13.8 Å². The molecule has 8 heteroatoms. The van der Waals surface area contributed by atoms with E-state index in [1.54, 1.807) is 16.9 Å². The number of methoxy groups -OCH3 is 1. The molecular weight excluding hydrogens is 324 g/mol. The van der Waals surface area contributed by atoms with Crippen LogP contribution >= 0.6 is 15.9 Å². The zero-order valence-corrected chi connectivity index (χ0v) is 12.5. The van der Waals surface area contributed by atoms with Crippen LogP contribution in [-0.2, 0) is 14.9 Å². The van der Waals surface area contributed by atoms with E-state index in [4.69, 9.17) is 0 Å². The minimum atomic E-state index is -3.98. The lowest BCUT2D eigenvalue weighted by Gasteiger charge is -2.11. The van der Waals surface area contributed by atoms with Crippen LogP contribution in [0.3, 0.4) is 0 Å². The predicted molar refractivity (Wildman–Crippen MR) is 71.7 cm³/mol. The molecule has 100 valence electrons. The quantitative estimate of drug-likeness (QED) is 0.884. The number of anilines is 1. The maximum Gasteiger partial charge on any atom is 0.422 e. The minimum absolute atomic E-state index is 0.365. The number of carbonyl (C=O) groups excluding carboxylic acids is 1. The average molecular weight is 337 g/mol. The van der Waals surface area contributed by atoms with Gasteiger partial charge in [-0.1, -0.05) is 15.9 Å². The van der Waals surface area contributed by atoms with Gasteiger partial charge in [-0.05, 0) is 37.1 Å². The van der Waals surface area contributed by atoms with Gasteiger partial charge >= 0.3 is 16.3 Å². The Bertz CT molecular complexity index is 548. The fraction of sp³-hybridized carbons (Fsp3) is 0.300. The van der Waals surface area contributed by atoms with Crippen molar-refractivity contribution in [3.05, 3.63) is 27.7 Å². The highest BCUT2D eigenvalue weighted by Crippen LogP contribution is 2.25. The zero-order valence-electron chi connectivity index (χ0n) is 10.1. The molecule has 0 fully saturated rings. The van der Waals surface area contributed by atoms with Crippen LogP contribution in [0.15, 0.2) is 16.6 Å². The number of halogens is 1. The smallest absolute Gasteiger partial charge is 0.422 e. The Balaban J connectivity index is 2.95. The Morgan fingerprint density at radius 3 is 2.22 bits per heavy atom. The van der Waals surface area contributed by atoms with E-state index in [-0.39, 0.29) is 0 Å². The van der Waals surface area contributed by atoms with Crippen molar-refractivity contribution in [1.29, 1.82) is 0 Å². The summed E-state index contributed by atoms with van der Waals surface area (Å²) >= 11 is 3.38. The molecule has 18 heavy (non-hydrogen) atoms. The van der Waals surface area contributed by atoms with Crippen molar-refractivity contribution >= 4 is 37.9 Å². The predicted octanol–water partition coefficient (Wildman–Crippen LogP) is 2.08. The minimum Gasteiger partial charge on any atom is -0.452 e. The summed E-state index contributed by atoms with van der Waals surface area (Å²) in [5, 5.41) is 0. The molecule has 0 spiro atoms. The van der Waals surface area contributed by atoms with Gasteiger partial charge in [-0.2, -0.15) is 8.42 Å². The van der Waals surface area contributed by atoms with Crippen LogP contribution in [0.1, 0.15) is 11.1 Å². The van der Waals surface area contributed by atoms with E-state index >= 15 is 0 Å². The SMILES string of the molecule is COC(=O)NS(=O)(=O)Nc1cc(C)c(Br)c(C)c1. The van der Waals surface area contributed by atoms with Gasteiger partial charge in [-0.15, -0.1) is 0 Å². The number of amides is 1. The van der Waals surface area contributed by atoms with E-state index in [0.29, 0.717) is 5.69 Å². The summed E-state index contributed by atoms with van der Waals surface area (Å²) in [5.74, 6) is 0. The van der Waals surface area contributed by atoms with Gasteiger partial charge in [0.15, 0.2) is 0 Å². The number of hydrogen-bond donors (Lipinski definition) is 2. The molecule has 2 N–H and O–H groups in total. The summed E-state index contributed by atoms with van der Waals surface area (Å²) in [7, 11) is -2.90. The van der Waals surface area contributed by atoms with Gasteiger partial charge in [0.25, 0.3) is 0 Å². The van der Waals surface area contributed by atoms with E-state index in [2.05, 4.69) is 25.4 Å². The molecule has 0 atom stereocenters. The standard InChI is InChI=1S/C10H13BrN2O4S/c1-6-4-8(5-7(2)9(6)11)12-18(15,16)13-10(14)17-3/h4-5,12H,1-3H3,(H,13,14). The first kappa shape index (κ1) is 14.8. The van der Waals surface area contributed by atoms with E-state index in [9.17, 15) is 13.2 Å². The number of hydrogen-bond acceptors (Lipinski definition) is 4. The summed E-state index contributed by atoms with van der Waals surface area (Å²) < 4.78 is 32.1. The molecule has 1 aromatic rings. The molecular formula is C10H13BrN2O4S. The van der Waals surface area contributed by atoms with Gasteiger partial charge in [0.05, 0.1) is 12.8 Å². The van der Waals surface area contributed by atoms with E-state index in [1.807, 2.05) is 13.8 Å². The van der Waals surface area contributed by atoms with Gasteiger partial charge in [0, 0.05) is 4.47 Å². The summed E-state index contributed by atoms with van der Waals surface area (Å²) in [4.78, 5) is 10.8. The summed E-state index contributed by atoms with van der Waals surface area (Å²) in [6.07, 6.45) is -1.05. The number of carbonyl (C=O) groups is 1. The Kier molecular flexibility index (Phi) is 4.58. The molecule has 0 saturated carbocycles. The maximum atomic E-state index is 11.5. The van der Waals surface area contributed by atoms with Crippen LogP contribution < -0.4 is 9.44 Å². The number of nitrogens with one attached hydrogen (secondary N) is 2. The van der Waals surface area contributed by atoms with Gasteiger partial charge in [-0.3, -0.25) is 4.72 Å². The highest BCUT2D eigenvalue weighted by molar-refractivity contribution is 9.10. The van der Waals surface area contributed by atoms with Crippen LogP contribution in [0.2, 0.25) is 0 Å². The summed E-state index contributed by atoms with van der Waals surface area (Å²) in [6.45, 7) is 3.67. The van der Waals surface area contributed by atoms with E-state index < -0.39 is 16.3 Å². The van der Waals surface area contributed by atoms with Gasteiger partial charge in [-0.25, -0.2) is 9.52 Å². The summed E-state index contributed by atoms with van der Waals surface area (Å²) in [6, 6.07) is 3.29. The van der Waals surface area contributed by atoms with Crippen molar-refractivity contribution in [2.24, 2.45) is 0 Å². The first-order valence-electron chi connectivity index (χ1n) is 4.90. The number of rotatable bonds is 3. The molecule has 0 bridgehead atoms. The number of aryl methyl sites for hydroxylation is 2. The first-order chi connectivity index (χ1) is 8.25. The normalized spacial score (nSPS) is 10.9. The fourth-order valence-electron chi connectivity index (χ4n) is 1.34. The van der Waals surface area contributed by atoms with Gasteiger partial charge in [0.1, 0.15) is 0 Å².